The Hall–Kier alpha value is -0.810. The molecule has 1 aliphatic rings. The first-order chi connectivity index (χ1) is 9.85. The number of hydrogen-bond acceptors (Lipinski definition) is 3. The monoisotopic (exact) mass is 346 g/mol. The molecule has 22 heavy (non-hydrogen) atoms. The van der Waals surface area contributed by atoms with Crippen molar-refractivity contribution in [3.05, 3.63) is 34.9 Å². The molecule has 0 spiro atoms. The lowest BCUT2D eigenvalue weighted by Crippen LogP contribution is -2.58. The first kappa shape index (κ1) is 19.2. The molecule has 1 heterocycles. The van der Waals surface area contributed by atoms with E-state index in [4.69, 9.17) is 22.1 Å². The average Bonchev–Trinajstić information content (AvgIpc) is 2.46. The van der Waals surface area contributed by atoms with Crippen LogP contribution >= 0.6 is 24.0 Å². The van der Waals surface area contributed by atoms with Crippen LogP contribution in [0.4, 0.5) is 0 Å². The fourth-order valence-corrected chi connectivity index (χ4v) is 2.94. The molecule has 1 saturated heterocycles. The smallest absolute Gasteiger partial charge is 0.240 e. The van der Waals surface area contributed by atoms with E-state index >= 15 is 0 Å². The summed E-state index contributed by atoms with van der Waals surface area (Å²) < 4.78 is 5.27. The molecule has 1 aliphatic heterocycles. The van der Waals surface area contributed by atoms with Gasteiger partial charge in [-0.15, -0.1) is 12.4 Å². The first-order valence-corrected chi connectivity index (χ1v) is 7.63. The zero-order chi connectivity index (χ0) is 15.5. The van der Waals surface area contributed by atoms with Crippen molar-refractivity contribution in [2.24, 2.45) is 5.73 Å². The number of ether oxygens (including phenoxy) is 1. The Morgan fingerprint density at radius 2 is 1.95 bits per heavy atom. The Balaban J connectivity index is 0.00000242. The van der Waals surface area contributed by atoms with Gasteiger partial charge in [0.05, 0.1) is 5.54 Å². The van der Waals surface area contributed by atoms with Crippen LogP contribution in [0, 0.1) is 0 Å². The van der Waals surface area contributed by atoms with Crippen LogP contribution < -0.4 is 11.1 Å². The van der Waals surface area contributed by atoms with Crippen LogP contribution in [0.3, 0.4) is 0 Å². The SMILES string of the molecule is CC(C)(CNC(=O)C1(N)CCOCC1)c1ccccc1Cl.Cl. The molecule has 2 rings (SSSR count). The Kier molecular flexibility index (Phi) is 6.68. The molecule has 4 nitrogen and oxygen atoms in total. The largest absolute Gasteiger partial charge is 0.381 e. The van der Waals surface area contributed by atoms with E-state index < -0.39 is 5.54 Å². The number of nitrogens with two attached hydrogens (primary N) is 1. The van der Waals surface area contributed by atoms with Crippen LogP contribution in [0.2, 0.25) is 5.02 Å². The standard InChI is InChI=1S/C16H23ClN2O2.ClH/c1-15(2,12-5-3-4-6-13(12)17)11-19-14(20)16(18)7-9-21-10-8-16;/h3-6H,7-11,18H2,1-2H3,(H,19,20);1H. The Morgan fingerprint density at radius 1 is 1.36 bits per heavy atom. The highest BCUT2D eigenvalue weighted by atomic mass is 35.5. The first-order valence-electron chi connectivity index (χ1n) is 7.25. The number of nitrogens with one attached hydrogen (secondary N) is 1. The van der Waals surface area contributed by atoms with Crippen molar-refractivity contribution in [3.8, 4) is 0 Å². The van der Waals surface area contributed by atoms with E-state index in [1.807, 2.05) is 24.3 Å². The number of carbonyl (C=O) groups excluding carboxylic acids is 1. The van der Waals surface area contributed by atoms with Gasteiger partial charge in [0, 0.05) is 30.2 Å². The van der Waals surface area contributed by atoms with Gasteiger partial charge >= 0.3 is 0 Å². The third kappa shape index (κ3) is 4.35. The number of halogens is 2. The quantitative estimate of drug-likeness (QED) is 0.880. The van der Waals surface area contributed by atoms with E-state index in [1.54, 1.807) is 0 Å². The number of hydrogen-bond donors (Lipinski definition) is 2. The van der Waals surface area contributed by atoms with E-state index in [2.05, 4.69) is 19.2 Å². The minimum absolute atomic E-state index is 0. The molecule has 0 unspecified atom stereocenters. The van der Waals surface area contributed by atoms with Gasteiger partial charge in [-0.25, -0.2) is 0 Å². The summed E-state index contributed by atoms with van der Waals surface area (Å²) in [6, 6.07) is 7.70. The fraction of sp³-hybridized carbons (Fsp3) is 0.562. The highest BCUT2D eigenvalue weighted by Gasteiger charge is 2.36. The molecular weight excluding hydrogens is 323 g/mol. The minimum Gasteiger partial charge on any atom is -0.381 e. The Labute approximate surface area is 143 Å². The van der Waals surface area contributed by atoms with Crippen LogP contribution in [0.1, 0.15) is 32.3 Å². The Bertz CT molecular complexity index is 515. The van der Waals surface area contributed by atoms with Gasteiger partial charge in [0.25, 0.3) is 0 Å². The summed E-state index contributed by atoms with van der Waals surface area (Å²) in [5.74, 6) is -0.106. The van der Waals surface area contributed by atoms with E-state index in [0.717, 1.165) is 5.56 Å². The van der Waals surface area contributed by atoms with E-state index in [1.165, 1.54) is 0 Å². The normalized spacial score (nSPS) is 17.5. The average molecular weight is 347 g/mol. The third-order valence-electron chi connectivity index (χ3n) is 4.13. The molecule has 0 aromatic heterocycles. The van der Waals surface area contributed by atoms with Crippen LogP contribution in [-0.2, 0) is 14.9 Å². The lowest BCUT2D eigenvalue weighted by molar-refractivity contribution is -0.130. The molecule has 1 amide bonds. The summed E-state index contributed by atoms with van der Waals surface area (Å²) >= 11 is 6.25. The van der Waals surface area contributed by atoms with Gasteiger partial charge in [0.15, 0.2) is 0 Å². The summed E-state index contributed by atoms with van der Waals surface area (Å²) in [6.07, 6.45) is 1.12. The molecule has 0 aliphatic carbocycles. The maximum Gasteiger partial charge on any atom is 0.240 e. The van der Waals surface area contributed by atoms with E-state index in [9.17, 15) is 4.79 Å². The molecule has 6 heteroatoms. The van der Waals surface area contributed by atoms with Crippen molar-refractivity contribution in [2.75, 3.05) is 19.8 Å². The lowest BCUT2D eigenvalue weighted by atomic mass is 9.83. The summed E-state index contributed by atoms with van der Waals surface area (Å²) in [5, 5.41) is 3.69. The summed E-state index contributed by atoms with van der Waals surface area (Å²) in [4.78, 5) is 12.4. The van der Waals surface area contributed by atoms with Gasteiger partial charge < -0.3 is 15.8 Å². The predicted octanol–water partition coefficient (Wildman–Crippen LogP) is 2.66. The number of rotatable bonds is 4. The minimum atomic E-state index is -0.811. The zero-order valence-electron chi connectivity index (χ0n) is 13.0. The maximum atomic E-state index is 12.4. The van der Waals surface area contributed by atoms with Crippen molar-refractivity contribution in [3.63, 3.8) is 0 Å². The third-order valence-corrected chi connectivity index (χ3v) is 4.46. The highest BCUT2D eigenvalue weighted by Crippen LogP contribution is 2.29. The second-order valence-electron chi connectivity index (χ2n) is 6.31. The zero-order valence-corrected chi connectivity index (χ0v) is 14.6. The molecular formula is C16H24Cl2N2O2. The van der Waals surface area contributed by atoms with Crippen LogP contribution in [-0.4, -0.2) is 31.2 Å². The maximum absolute atomic E-state index is 12.4. The molecule has 0 atom stereocenters. The van der Waals surface area contributed by atoms with Gasteiger partial charge in [-0.1, -0.05) is 43.6 Å². The molecule has 1 aromatic carbocycles. The topological polar surface area (TPSA) is 64.4 Å². The van der Waals surface area contributed by atoms with E-state index in [-0.39, 0.29) is 23.7 Å². The highest BCUT2D eigenvalue weighted by molar-refractivity contribution is 6.31. The van der Waals surface area contributed by atoms with Crippen molar-refractivity contribution in [1.82, 2.24) is 5.32 Å². The molecule has 1 aromatic rings. The second-order valence-corrected chi connectivity index (χ2v) is 6.72. The van der Waals surface area contributed by atoms with Crippen molar-refractivity contribution >= 4 is 29.9 Å². The van der Waals surface area contributed by atoms with Gasteiger partial charge in [0.1, 0.15) is 0 Å². The number of benzene rings is 1. The molecule has 0 saturated carbocycles. The second kappa shape index (κ2) is 7.64. The van der Waals surface area contributed by atoms with Gasteiger partial charge in [-0.05, 0) is 24.5 Å². The van der Waals surface area contributed by atoms with E-state index in [0.29, 0.717) is 37.6 Å². The van der Waals surface area contributed by atoms with Crippen LogP contribution in [0.25, 0.3) is 0 Å². The summed E-state index contributed by atoms with van der Waals surface area (Å²) in [5.41, 5.74) is 6.14. The predicted molar refractivity (Wildman–Crippen MR) is 91.7 cm³/mol. The molecule has 1 fully saturated rings. The van der Waals surface area contributed by atoms with Crippen molar-refractivity contribution in [1.29, 1.82) is 0 Å². The number of amides is 1. The molecule has 0 bridgehead atoms. The Morgan fingerprint density at radius 3 is 2.55 bits per heavy atom. The van der Waals surface area contributed by atoms with Crippen molar-refractivity contribution < 1.29 is 9.53 Å². The summed E-state index contributed by atoms with van der Waals surface area (Å²) in [6.45, 7) is 5.69. The van der Waals surface area contributed by atoms with Gasteiger partial charge in [-0.3, -0.25) is 4.79 Å². The van der Waals surface area contributed by atoms with Crippen LogP contribution in [0.15, 0.2) is 24.3 Å². The van der Waals surface area contributed by atoms with Crippen LogP contribution in [0.5, 0.6) is 0 Å². The fourth-order valence-electron chi connectivity index (χ4n) is 2.55. The molecule has 3 N–H and O–H groups in total. The van der Waals surface area contributed by atoms with Gasteiger partial charge in [0.2, 0.25) is 5.91 Å². The molecule has 124 valence electrons. The van der Waals surface area contributed by atoms with Gasteiger partial charge in [-0.2, -0.15) is 0 Å². The lowest BCUT2D eigenvalue weighted by Gasteiger charge is -2.34. The molecule has 0 radical (unpaired) electrons. The summed E-state index contributed by atoms with van der Waals surface area (Å²) in [7, 11) is 0. The van der Waals surface area contributed by atoms with Crippen molar-refractivity contribution in [2.45, 2.75) is 37.6 Å². The number of carbonyl (C=O) groups is 1.